The number of nitrogens with one attached hydrogen (secondary N) is 1. The van der Waals surface area contributed by atoms with E-state index < -0.39 is 105 Å². The van der Waals surface area contributed by atoms with E-state index in [0.29, 0.717) is 48.0 Å². The summed E-state index contributed by atoms with van der Waals surface area (Å²) in [4.78, 5) is 0. The molecule has 3 aliphatic heterocycles. The molecule has 5 saturated carbocycles. The first-order valence-electron chi connectivity index (χ1n) is 24.2. The number of aliphatic hydroxyl groups is 9. The number of ether oxygens (including phenoxy) is 5. The largest absolute Gasteiger partial charge is 0.396 e. The molecule has 10 N–H and O–H groups in total. The first-order chi connectivity index (χ1) is 29.4. The van der Waals surface area contributed by atoms with Crippen molar-refractivity contribution in [2.45, 2.75) is 203 Å². The summed E-state index contributed by atoms with van der Waals surface area (Å²) < 4.78 is 32.9. The smallest absolute Gasteiger partial charge is 0.187 e. The second-order valence-corrected chi connectivity index (χ2v) is 22.2. The molecule has 0 aromatic heterocycles. The van der Waals surface area contributed by atoms with Gasteiger partial charge in [0.05, 0.1) is 42.7 Å². The number of allylic oxidation sites excluding steroid dienone is 1. The van der Waals surface area contributed by atoms with E-state index in [1.165, 1.54) is 24.8 Å². The predicted molar refractivity (Wildman–Crippen MR) is 223 cm³/mol. The molecule has 3 heterocycles. The van der Waals surface area contributed by atoms with Crippen molar-refractivity contribution in [1.29, 1.82) is 0 Å². The van der Waals surface area contributed by atoms with Crippen molar-refractivity contribution in [2.75, 3.05) is 19.8 Å². The maximum Gasteiger partial charge on any atom is 0.187 e. The van der Waals surface area contributed by atoms with Crippen LogP contribution in [0.3, 0.4) is 0 Å². The third-order valence-corrected chi connectivity index (χ3v) is 19.0. The van der Waals surface area contributed by atoms with Gasteiger partial charge in [-0.25, -0.2) is 0 Å². The number of hydrogen-bond acceptors (Lipinski definition) is 15. The molecular formula is C47H77NO14. The summed E-state index contributed by atoms with van der Waals surface area (Å²) in [5, 5.41) is 101. The molecular weight excluding hydrogens is 803 g/mol. The third-order valence-electron chi connectivity index (χ3n) is 19.0. The Morgan fingerprint density at radius 2 is 1.42 bits per heavy atom. The Hall–Kier alpha value is -0.860. The standard InChI is InChI=1S/C47H77NO14/c1-21-8-13-47(48-18-21)22(2)34-31(62-47)17-30-28-7-6-26-16-27(9-11-45(26,4)29(28)10-12-46(30,34)5)59-33-15-25(20-50)37(53)43(60-32-14-24(19-49)36(52)40(56)38(32)54)42(33)61-44-41(57)39(55)35(51)23(3)58-44/h6,21-25,27-44,48-57H,7-20H2,1-5H3/t21-,22+,23?,24?,25?,27?,28?,29?,30?,31?,32?,33?,34?,35?,36?,37?,38?,39?,40?,41?,42?,43?,44?,45?,46?,47-/m1/s1. The predicted octanol–water partition coefficient (Wildman–Crippen LogP) is 1.11. The van der Waals surface area contributed by atoms with Crippen molar-refractivity contribution in [3.63, 3.8) is 0 Å². The molecule has 0 radical (unpaired) electrons. The van der Waals surface area contributed by atoms with Gasteiger partial charge in [-0.15, -0.1) is 0 Å². The van der Waals surface area contributed by atoms with E-state index in [-0.39, 0.29) is 35.5 Å². The van der Waals surface area contributed by atoms with Crippen molar-refractivity contribution in [2.24, 2.45) is 58.2 Å². The molecule has 6 aliphatic carbocycles. The molecule has 1 spiro atoms. The molecule has 0 aromatic rings. The number of piperidine rings is 1. The van der Waals surface area contributed by atoms with E-state index in [2.05, 4.69) is 39.1 Å². The second-order valence-electron chi connectivity index (χ2n) is 22.2. The summed E-state index contributed by atoms with van der Waals surface area (Å²) in [7, 11) is 0. The summed E-state index contributed by atoms with van der Waals surface area (Å²) in [6.07, 6.45) is -5.46. The van der Waals surface area contributed by atoms with Gasteiger partial charge in [0, 0.05) is 37.5 Å². The van der Waals surface area contributed by atoms with Gasteiger partial charge in [-0.05, 0) is 118 Å². The molecule has 0 amide bonds. The Bertz CT molecular complexity index is 1610. The number of fused-ring (bicyclic) bond motifs is 7. The number of rotatable bonds is 8. The summed E-state index contributed by atoms with van der Waals surface area (Å²) in [6.45, 7) is 11.5. The molecule has 3 saturated heterocycles. The lowest BCUT2D eigenvalue weighted by Gasteiger charge is -2.59. The molecule has 26 atom stereocenters. The van der Waals surface area contributed by atoms with Crippen LogP contribution in [0.5, 0.6) is 0 Å². The average molecular weight is 880 g/mol. The monoisotopic (exact) mass is 880 g/mol. The highest BCUT2D eigenvalue weighted by atomic mass is 16.7. The van der Waals surface area contributed by atoms with Gasteiger partial charge in [0.15, 0.2) is 6.29 Å². The van der Waals surface area contributed by atoms with Gasteiger partial charge in [0.1, 0.15) is 48.5 Å². The highest BCUT2D eigenvalue weighted by molar-refractivity contribution is 5.27. The Morgan fingerprint density at radius 1 is 0.710 bits per heavy atom. The van der Waals surface area contributed by atoms with Crippen LogP contribution in [-0.2, 0) is 23.7 Å². The van der Waals surface area contributed by atoms with E-state index in [1.54, 1.807) is 6.92 Å². The first kappa shape index (κ1) is 46.3. The zero-order valence-electron chi connectivity index (χ0n) is 37.3. The summed E-state index contributed by atoms with van der Waals surface area (Å²) in [5.74, 6) is 1.93. The minimum atomic E-state index is -1.66. The average Bonchev–Trinajstić information content (AvgIpc) is 3.70. The van der Waals surface area contributed by atoms with Gasteiger partial charge in [-0.3, -0.25) is 5.32 Å². The Morgan fingerprint density at radius 3 is 2.13 bits per heavy atom. The van der Waals surface area contributed by atoms with E-state index in [0.717, 1.165) is 38.6 Å². The Kier molecular flexibility index (Phi) is 12.9. The van der Waals surface area contributed by atoms with Crippen molar-refractivity contribution in [3.8, 4) is 0 Å². The maximum absolute atomic E-state index is 11.8. The van der Waals surface area contributed by atoms with Crippen molar-refractivity contribution in [1.82, 2.24) is 5.32 Å². The van der Waals surface area contributed by atoms with Gasteiger partial charge in [0.25, 0.3) is 0 Å². The van der Waals surface area contributed by atoms with Gasteiger partial charge < -0.3 is 69.6 Å². The fraction of sp³-hybridized carbons (Fsp3) is 0.957. The normalized spacial score (nSPS) is 57.6. The molecule has 15 nitrogen and oxygen atoms in total. The Labute approximate surface area is 366 Å². The van der Waals surface area contributed by atoms with Crippen molar-refractivity contribution >= 4 is 0 Å². The van der Waals surface area contributed by atoms with Crippen LogP contribution in [0.2, 0.25) is 0 Å². The van der Waals surface area contributed by atoms with Crippen molar-refractivity contribution in [3.05, 3.63) is 11.6 Å². The molecule has 0 bridgehead atoms. The third kappa shape index (κ3) is 7.51. The van der Waals surface area contributed by atoms with Crippen LogP contribution in [0.25, 0.3) is 0 Å². The molecule has 0 aromatic carbocycles. The van der Waals surface area contributed by atoms with Crippen LogP contribution in [0, 0.1) is 58.2 Å². The molecule has 8 fully saturated rings. The molecule has 23 unspecified atom stereocenters. The zero-order chi connectivity index (χ0) is 44.2. The van der Waals surface area contributed by atoms with Gasteiger partial charge in [-0.2, -0.15) is 0 Å². The maximum atomic E-state index is 11.8. The lowest BCUT2D eigenvalue weighted by Crippen LogP contribution is -2.64. The first-order valence-corrected chi connectivity index (χ1v) is 24.2. The topological polar surface area (TPSA) is 240 Å². The van der Waals surface area contributed by atoms with Crippen LogP contribution in [0.1, 0.15) is 105 Å². The highest BCUT2D eigenvalue weighted by Gasteiger charge is 2.68. The number of hydrogen-bond donors (Lipinski definition) is 10. The van der Waals surface area contributed by atoms with Gasteiger partial charge >= 0.3 is 0 Å². The molecule has 62 heavy (non-hydrogen) atoms. The van der Waals surface area contributed by atoms with Crippen LogP contribution in [-0.4, -0.2) is 163 Å². The van der Waals surface area contributed by atoms with Crippen LogP contribution < -0.4 is 5.32 Å². The zero-order valence-corrected chi connectivity index (χ0v) is 37.3. The quantitative estimate of drug-likeness (QED) is 0.154. The second kappa shape index (κ2) is 17.3. The molecule has 15 heteroatoms. The highest BCUT2D eigenvalue weighted by Crippen LogP contribution is 2.70. The summed E-state index contributed by atoms with van der Waals surface area (Å²) in [5.41, 5.74) is 1.49. The summed E-state index contributed by atoms with van der Waals surface area (Å²) in [6, 6.07) is 0. The minimum absolute atomic E-state index is 0.0213. The number of aliphatic hydroxyl groups excluding tert-OH is 9. The van der Waals surface area contributed by atoms with Gasteiger partial charge in [0.2, 0.25) is 0 Å². The van der Waals surface area contributed by atoms with Crippen molar-refractivity contribution < 1.29 is 69.6 Å². The molecule has 9 aliphatic rings. The molecule has 354 valence electrons. The summed E-state index contributed by atoms with van der Waals surface area (Å²) >= 11 is 0. The fourth-order valence-electron chi connectivity index (χ4n) is 15.2. The van der Waals surface area contributed by atoms with E-state index >= 15 is 0 Å². The Balaban J connectivity index is 0.940. The fourth-order valence-corrected chi connectivity index (χ4v) is 15.2. The lowest BCUT2D eigenvalue weighted by molar-refractivity contribution is -0.338. The van der Waals surface area contributed by atoms with E-state index in [1.807, 2.05) is 0 Å². The van der Waals surface area contributed by atoms with Crippen LogP contribution in [0.15, 0.2) is 11.6 Å². The minimum Gasteiger partial charge on any atom is -0.396 e. The molecule has 9 rings (SSSR count). The van der Waals surface area contributed by atoms with E-state index in [4.69, 9.17) is 23.7 Å². The van der Waals surface area contributed by atoms with Gasteiger partial charge in [-0.1, -0.05) is 39.3 Å². The SMILES string of the molecule is CC1OC(OC2C(OC3CCC4(C)C(=CCC5C4CCC4(C)C5CC5O[C@]6(CC[C@@H](C)CN6)[C@@H](C)C54)C3)CC(CO)C(O)C2OC2CC(CO)C(O)C(O)C2O)C(O)C(O)C1O. The lowest BCUT2D eigenvalue weighted by atomic mass is 9.47. The van der Waals surface area contributed by atoms with Crippen LogP contribution in [0.4, 0.5) is 0 Å². The van der Waals surface area contributed by atoms with E-state index in [9.17, 15) is 46.0 Å². The van der Waals surface area contributed by atoms with Crippen LogP contribution >= 0.6 is 0 Å².